The van der Waals surface area contributed by atoms with Crippen molar-refractivity contribution in [2.24, 2.45) is 0 Å². The minimum Gasteiger partial charge on any atom is -0.491 e. The van der Waals surface area contributed by atoms with Crippen molar-refractivity contribution in [1.29, 1.82) is 0 Å². The molecule has 0 radical (unpaired) electrons. The standard InChI is InChI=1S/C20H21N3O7/c1-13(21-18(25)14-7-6-8-15(11-14)23(28)29)17(24)22-20(2,19(26)27)12-30-16-9-4-3-5-10-16/h3-11,13H,12H2,1-2H3,(H,21,25)(H,22,24)(H,26,27)/t13-,20-/m1/s1. The Labute approximate surface area is 172 Å². The second-order valence-electron chi connectivity index (χ2n) is 6.73. The first-order valence-electron chi connectivity index (χ1n) is 8.91. The minimum absolute atomic E-state index is 0.00254. The lowest BCUT2D eigenvalue weighted by molar-refractivity contribution is -0.384. The lowest BCUT2D eigenvalue weighted by Crippen LogP contribution is -2.60. The predicted octanol–water partition coefficient (Wildman–Crippen LogP) is 1.75. The monoisotopic (exact) mass is 415 g/mol. The Morgan fingerprint density at radius 3 is 2.43 bits per heavy atom. The molecule has 3 N–H and O–H groups in total. The Bertz CT molecular complexity index is 948. The van der Waals surface area contributed by atoms with Gasteiger partial charge in [0.15, 0.2) is 5.54 Å². The Morgan fingerprint density at radius 1 is 1.17 bits per heavy atom. The number of nitro benzene ring substituents is 1. The van der Waals surface area contributed by atoms with Crippen molar-refractivity contribution < 1.29 is 29.2 Å². The van der Waals surface area contributed by atoms with Crippen molar-refractivity contribution >= 4 is 23.5 Å². The third-order valence-corrected chi connectivity index (χ3v) is 4.20. The van der Waals surface area contributed by atoms with Crippen molar-refractivity contribution in [3.05, 3.63) is 70.3 Å². The molecule has 0 saturated heterocycles. The number of hydrogen-bond acceptors (Lipinski definition) is 6. The smallest absolute Gasteiger partial charge is 0.332 e. The van der Waals surface area contributed by atoms with Crippen molar-refractivity contribution in [2.75, 3.05) is 6.61 Å². The molecule has 2 aromatic carbocycles. The number of amides is 2. The van der Waals surface area contributed by atoms with E-state index < -0.39 is 34.3 Å². The molecule has 0 aliphatic rings. The zero-order valence-corrected chi connectivity index (χ0v) is 16.3. The number of benzene rings is 2. The van der Waals surface area contributed by atoms with Gasteiger partial charge >= 0.3 is 5.97 Å². The van der Waals surface area contributed by atoms with Crippen LogP contribution in [0.25, 0.3) is 0 Å². The van der Waals surface area contributed by atoms with Gasteiger partial charge in [-0.1, -0.05) is 24.3 Å². The van der Waals surface area contributed by atoms with E-state index in [2.05, 4.69) is 10.6 Å². The van der Waals surface area contributed by atoms with E-state index >= 15 is 0 Å². The number of nitrogens with one attached hydrogen (secondary N) is 2. The molecule has 0 aliphatic heterocycles. The van der Waals surface area contributed by atoms with Crippen LogP contribution in [0.2, 0.25) is 0 Å². The van der Waals surface area contributed by atoms with E-state index in [1.165, 1.54) is 32.0 Å². The first kappa shape index (κ1) is 22.3. The van der Waals surface area contributed by atoms with Gasteiger partial charge in [-0.2, -0.15) is 0 Å². The number of carbonyl (C=O) groups excluding carboxylic acids is 2. The van der Waals surface area contributed by atoms with Crippen molar-refractivity contribution in [3.8, 4) is 5.75 Å². The molecule has 0 heterocycles. The first-order valence-corrected chi connectivity index (χ1v) is 8.91. The number of carboxylic acid groups (broad SMARTS) is 1. The van der Waals surface area contributed by atoms with Crippen LogP contribution in [0.3, 0.4) is 0 Å². The molecule has 0 fully saturated rings. The zero-order chi connectivity index (χ0) is 22.3. The van der Waals surface area contributed by atoms with Gasteiger partial charge in [0.2, 0.25) is 5.91 Å². The maximum atomic E-state index is 12.5. The van der Waals surface area contributed by atoms with Gasteiger partial charge < -0.3 is 20.5 Å². The minimum atomic E-state index is -1.75. The van der Waals surface area contributed by atoms with Crippen LogP contribution in [-0.4, -0.2) is 46.0 Å². The molecule has 2 aromatic rings. The second-order valence-corrected chi connectivity index (χ2v) is 6.73. The zero-order valence-electron chi connectivity index (χ0n) is 16.3. The van der Waals surface area contributed by atoms with Gasteiger partial charge in [0, 0.05) is 17.7 Å². The molecule has 10 nitrogen and oxygen atoms in total. The number of ether oxygens (including phenoxy) is 1. The van der Waals surface area contributed by atoms with Crippen LogP contribution < -0.4 is 15.4 Å². The van der Waals surface area contributed by atoms with Crippen molar-refractivity contribution in [1.82, 2.24) is 10.6 Å². The highest BCUT2D eigenvalue weighted by Gasteiger charge is 2.37. The molecule has 0 bridgehead atoms. The van der Waals surface area contributed by atoms with Crippen molar-refractivity contribution in [3.63, 3.8) is 0 Å². The van der Waals surface area contributed by atoms with Gasteiger partial charge in [0.1, 0.15) is 18.4 Å². The third-order valence-electron chi connectivity index (χ3n) is 4.20. The SMILES string of the molecule is C[C@@H](NC(=O)c1cccc([N+](=O)[O-])c1)C(=O)N[C@](C)(COc1ccccc1)C(=O)O. The van der Waals surface area contributed by atoms with Crippen molar-refractivity contribution in [2.45, 2.75) is 25.4 Å². The van der Waals surface area contributed by atoms with E-state index in [0.29, 0.717) is 5.75 Å². The van der Waals surface area contributed by atoms with Crippen LogP contribution >= 0.6 is 0 Å². The summed E-state index contributed by atoms with van der Waals surface area (Å²) in [6, 6.07) is 12.4. The van der Waals surface area contributed by atoms with E-state index in [9.17, 15) is 29.6 Å². The maximum absolute atomic E-state index is 12.5. The topological polar surface area (TPSA) is 148 Å². The Balaban J connectivity index is 2.02. The normalized spacial score (nSPS) is 13.4. The number of rotatable bonds is 9. The average molecular weight is 415 g/mol. The van der Waals surface area contributed by atoms with Crippen LogP contribution in [0, 0.1) is 10.1 Å². The predicted molar refractivity (Wildman–Crippen MR) is 106 cm³/mol. The fourth-order valence-corrected chi connectivity index (χ4v) is 2.38. The Morgan fingerprint density at radius 2 is 1.83 bits per heavy atom. The van der Waals surface area contributed by atoms with E-state index in [-0.39, 0.29) is 17.9 Å². The number of carbonyl (C=O) groups is 3. The molecule has 0 saturated carbocycles. The van der Waals surface area contributed by atoms with Gasteiger partial charge in [-0.25, -0.2) is 4.79 Å². The largest absolute Gasteiger partial charge is 0.491 e. The number of nitrogens with zero attached hydrogens (tertiary/aromatic N) is 1. The number of aliphatic carboxylic acids is 1. The number of non-ortho nitro benzene ring substituents is 1. The summed E-state index contributed by atoms with van der Waals surface area (Å²) in [6.07, 6.45) is 0. The molecule has 30 heavy (non-hydrogen) atoms. The van der Waals surface area contributed by atoms with E-state index in [1.807, 2.05) is 0 Å². The molecule has 2 rings (SSSR count). The fourth-order valence-electron chi connectivity index (χ4n) is 2.38. The summed E-state index contributed by atoms with van der Waals surface area (Å²) in [5.74, 6) is -2.34. The fraction of sp³-hybridized carbons (Fsp3) is 0.250. The molecule has 0 spiro atoms. The Hall–Kier alpha value is -3.95. The Kier molecular flexibility index (Phi) is 7.08. The molecule has 0 aromatic heterocycles. The molecule has 2 amide bonds. The summed E-state index contributed by atoms with van der Waals surface area (Å²) in [5.41, 5.74) is -2.02. The third kappa shape index (κ3) is 5.77. The number of hydrogen-bond donors (Lipinski definition) is 3. The highest BCUT2D eigenvalue weighted by molar-refractivity contribution is 5.98. The molecular formula is C20H21N3O7. The van der Waals surface area contributed by atoms with Gasteiger partial charge in [0.25, 0.3) is 11.6 Å². The summed E-state index contributed by atoms with van der Waals surface area (Å²) in [7, 11) is 0. The summed E-state index contributed by atoms with van der Waals surface area (Å²) >= 11 is 0. The quantitative estimate of drug-likeness (QED) is 0.417. The highest BCUT2D eigenvalue weighted by Crippen LogP contribution is 2.14. The molecule has 0 unspecified atom stereocenters. The van der Waals surface area contributed by atoms with E-state index in [0.717, 1.165) is 6.07 Å². The highest BCUT2D eigenvalue weighted by atomic mass is 16.6. The second kappa shape index (κ2) is 9.50. The maximum Gasteiger partial charge on any atom is 0.332 e. The van der Waals surface area contributed by atoms with Crippen LogP contribution in [0.1, 0.15) is 24.2 Å². The van der Waals surface area contributed by atoms with Gasteiger partial charge in [-0.05, 0) is 32.0 Å². The van der Waals surface area contributed by atoms with Crippen LogP contribution in [0.15, 0.2) is 54.6 Å². The average Bonchev–Trinajstić information content (AvgIpc) is 2.72. The molecule has 2 atom stereocenters. The van der Waals surface area contributed by atoms with Gasteiger partial charge in [-0.3, -0.25) is 19.7 Å². The van der Waals surface area contributed by atoms with Crippen LogP contribution in [0.5, 0.6) is 5.75 Å². The lowest BCUT2D eigenvalue weighted by Gasteiger charge is -2.28. The van der Waals surface area contributed by atoms with Crippen LogP contribution in [0.4, 0.5) is 5.69 Å². The van der Waals surface area contributed by atoms with E-state index in [1.54, 1.807) is 30.3 Å². The molecule has 10 heteroatoms. The summed E-state index contributed by atoms with van der Waals surface area (Å²) in [4.78, 5) is 46.6. The lowest BCUT2D eigenvalue weighted by atomic mass is 10.0. The number of nitro groups is 1. The molecule has 0 aliphatic carbocycles. The van der Waals surface area contributed by atoms with Crippen LogP contribution in [-0.2, 0) is 9.59 Å². The first-order chi connectivity index (χ1) is 14.1. The van der Waals surface area contributed by atoms with E-state index in [4.69, 9.17) is 4.74 Å². The summed E-state index contributed by atoms with van der Waals surface area (Å²) < 4.78 is 5.45. The number of carboxylic acids is 1. The molecule has 158 valence electrons. The summed E-state index contributed by atoms with van der Waals surface area (Å²) in [5, 5.41) is 25.1. The van der Waals surface area contributed by atoms with Gasteiger partial charge in [0.05, 0.1) is 4.92 Å². The van der Waals surface area contributed by atoms with Gasteiger partial charge in [-0.15, -0.1) is 0 Å². The number of para-hydroxylation sites is 1. The summed E-state index contributed by atoms with van der Waals surface area (Å²) in [6.45, 7) is 2.31. The molecular weight excluding hydrogens is 394 g/mol.